The average molecular weight is 363 g/mol. The van der Waals surface area contributed by atoms with Crippen molar-refractivity contribution in [3.05, 3.63) is 64.5 Å². The molecule has 6 heteroatoms. The van der Waals surface area contributed by atoms with Crippen molar-refractivity contribution in [1.29, 1.82) is 0 Å². The van der Waals surface area contributed by atoms with E-state index in [9.17, 15) is 9.59 Å². The topological polar surface area (TPSA) is 55.2 Å². The molecule has 1 aliphatic rings. The van der Waals surface area contributed by atoms with Crippen molar-refractivity contribution in [2.45, 2.75) is 13.8 Å². The molecule has 26 heavy (non-hydrogen) atoms. The maximum Gasteiger partial charge on any atom is 0.293 e. The Morgan fingerprint density at radius 3 is 2.65 bits per heavy atom. The van der Waals surface area contributed by atoms with E-state index in [0.717, 1.165) is 50.2 Å². The predicted molar refractivity (Wildman–Crippen MR) is 104 cm³/mol. The van der Waals surface area contributed by atoms with E-state index in [2.05, 4.69) is 15.6 Å². The third kappa shape index (κ3) is 2.63. The van der Waals surface area contributed by atoms with Gasteiger partial charge < -0.3 is 4.57 Å². The molecular weight excluding hydrogens is 346 g/mol. The van der Waals surface area contributed by atoms with Crippen molar-refractivity contribution < 1.29 is 9.59 Å². The molecule has 1 fully saturated rings. The molecule has 3 heterocycles. The van der Waals surface area contributed by atoms with E-state index in [1.807, 2.05) is 44.2 Å². The van der Waals surface area contributed by atoms with Crippen LogP contribution >= 0.6 is 11.8 Å². The molecule has 2 aromatic heterocycles. The van der Waals surface area contributed by atoms with Gasteiger partial charge in [0.1, 0.15) is 0 Å². The van der Waals surface area contributed by atoms with Crippen LogP contribution in [0.2, 0.25) is 0 Å². The smallest absolute Gasteiger partial charge is 0.293 e. The van der Waals surface area contributed by atoms with Crippen LogP contribution in [0.1, 0.15) is 17.0 Å². The second kappa shape index (κ2) is 6.14. The fourth-order valence-corrected chi connectivity index (χ4v) is 4.04. The Balaban J connectivity index is 1.79. The monoisotopic (exact) mass is 363 g/mol. The van der Waals surface area contributed by atoms with E-state index in [4.69, 9.17) is 0 Å². The SMILES string of the molecule is Cc1cc(/C=C2/SC(=O)N(C)C2=O)c(C)n1-c1ccc2ncccc2c1. The quantitative estimate of drug-likeness (QED) is 0.637. The summed E-state index contributed by atoms with van der Waals surface area (Å²) in [7, 11) is 1.50. The van der Waals surface area contributed by atoms with Crippen LogP contribution in [0.3, 0.4) is 0 Å². The number of hydrogen-bond acceptors (Lipinski definition) is 4. The Kier molecular flexibility index (Phi) is 3.92. The summed E-state index contributed by atoms with van der Waals surface area (Å²) >= 11 is 0.979. The van der Waals surface area contributed by atoms with Crippen molar-refractivity contribution in [3.8, 4) is 5.69 Å². The lowest BCUT2D eigenvalue weighted by molar-refractivity contribution is -0.121. The number of carbonyl (C=O) groups excluding carboxylic acids is 2. The third-order valence-electron chi connectivity index (χ3n) is 4.59. The lowest BCUT2D eigenvalue weighted by Crippen LogP contribution is -2.22. The first-order chi connectivity index (χ1) is 12.5. The number of likely N-dealkylation sites (N-methyl/N-ethyl adjacent to an activating group) is 1. The Labute approximate surface area is 155 Å². The summed E-state index contributed by atoms with van der Waals surface area (Å²) in [6, 6.07) is 12.1. The molecule has 0 unspecified atom stereocenters. The van der Waals surface area contributed by atoms with Crippen LogP contribution in [0, 0.1) is 13.8 Å². The number of carbonyl (C=O) groups is 2. The molecule has 0 atom stereocenters. The Morgan fingerprint density at radius 1 is 1.12 bits per heavy atom. The number of rotatable bonds is 2. The largest absolute Gasteiger partial charge is 0.318 e. The maximum atomic E-state index is 12.1. The van der Waals surface area contributed by atoms with Crippen molar-refractivity contribution in [2.75, 3.05) is 7.05 Å². The second-order valence-electron chi connectivity index (χ2n) is 6.28. The van der Waals surface area contributed by atoms with Gasteiger partial charge in [-0.25, -0.2) is 0 Å². The first kappa shape index (κ1) is 16.6. The van der Waals surface area contributed by atoms with Gasteiger partial charge in [-0.3, -0.25) is 19.5 Å². The molecule has 3 aromatic rings. The van der Waals surface area contributed by atoms with Gasteiger partial charge in [-0.1, -0.05) is 6.07 Å². The summed E-state index contributed by atoms with van der Waals surface area (Å²) in [5.74, 6) is -0.249. The fourth-order valence-electron chi connectivity index (χ4n) is 3.22. The number of aryl methyl sites for hydroxylation is 1. The maximum absolute atomic E-state index is 12.1. The van der Waals surface area contributed by atoms with E-state index in [0.29, 0.717) is 4.91 Å². The number of hydrogen-bond donors (Lipinski definition) is 0. The number of aromatic nitrogens is 2. The zero-order valence-electron chi connectivity index (χ0n) is 14.7. The molecule has 2 amide bonds. The van der Waals surface area contributed by atoms with Gasteiger partial charge in [-0.15, -0.1) is 0 Å². The molecule has 4 rings (SSSR count). The van der Waals surface area contributed by atoms with E-state index in [1.165, 1.54) is 7.05 Å². The Bertz CT molecular complexity index is 1100. The fraction of sp³-hybridized carbons (Fsp3) is 0.150. The van der Waals surface area contributed by atoms with Gasteiger partial charge in [0.25, 0.3) is 11.1 Å². The van der Waals surface area contributed by atoms with Crippen LogP contribution in [-0.4, -0.2) is 32.6 Å². The van der Waals surface area contributed by atoms with Crippen LogP contribution in [0.5, 0.6) is 0 Å². The molecule has 1 aromatic carbocycles. The highest BCUT2D eigenvalue weighted by atomic mass is 32.2. The predicted octanol–water partition coefficient (Wildman–Crippen LogP) is 4.31. The molecule has 1 aliphatic heterocycles. The van der Waals surface area contributed by atoms with E-state index in [-0.39, 0.29) is 11.1 Å². The van der Waals surface area contributed by atoms with Crippen LogP contribution in [0.25, 0.3) is 22.7 Å². The van der Waals surface area contributed by atoms with Crippen LogP contribution in [0.4, 0.5) is 4.79 Å². The van der Waals surface area contributed by atoms with Gasteiger partial charge in [0.15, 0.2) is 0 Å². The molecule has 5 nitrogen and oxygen atoms in total. The summed E-state index contributed by atoms with van der Waals surface area (Å²) < 4.78 is 2.15. The van der Waals surface area contributed by atoms with Crippen molar-refractivity contribution in [2.24, 2.45) is 0 Å². The minimum absolute atomic E-state index is 0.239. The number of thioether (sulfide) groups is 1. The number of benzene rings is 1. The van der Waals surface area contributed by atoms with Crippen LogP contribution < -0.4 is 0 Å². The Hall–Kier alpha value is -2.86. The number of amides is 2. The summed E-state index contributed by atoms with van der Waals surface area (Å²) in [6.07, 6.45) is 3.59. The van der Waals surface area contributed by atoms with Gasteiger partial charge in [0.2, 0.25) is 0 Å². The van der Waals surface area contributed by atoms with E-state index < -0.39 is 0 Å². The van der Waals surface area contributed by atoms with Gasteiger partial charge in [-0.2, -0.15) is 0 Å². The molecule has 0 spiro atoms. The van der Waals surface area contributed by atoms with Gasteiger partial charge in [-0.05, 0) is 67.6 Å². The van der Waals surface area contributed by atoms with Crippen LogP contribution in [0.15, 0.2) is 47.5 Å². The number of pyridine rings is 1. The van der Waals surface area contributed by atoms with Gasteiger partial charge in [0, 0.05) is 35.7 Å². The summed E-state index contributed by atoms with van der Waals surface area (Å²) in [5, 5.41) is 0.836. The van der Waals surface area contributed by atoms with Crippen molar-refractivity contribution in [3.63, 3.8) is 0 Å². The summed E-state index contributed by atoms with van der Waals surface area (Å²) in [4.78, 5) is 29.8. The van der Waals surface area contributed by atoms with Gasteiger partial charge >= 0.3 is 0 Å². The average Bonchev–Trinajstić information content (AvgIpc) is 3.05. The highest BCUT2D eigenvalue weighted by Gasteiger charge is 2.32. The molecule has 0 bridgehead atoms. The highest BCUT2D eigenvalue weighted by molar-refractivity contribution is 8.18. The molecule has 0 N–H and O–H groups in total. The number of imide groups is 1. The molecular formula is C20H17N3O2S. The van der Waals surface area contributed by atoms with E-state index >= 15 is 0 Å². The molecule has 130 valence electrons. The molecule has 0 radical (unpaired) electrons. The highest BCUT2D eigenvalue weighted by Crippen LogP contribution is 2.33. The normalized spacial score (nSPS) is 16.3. The van der Waals surface area contributed by atoms with Crippen molar-refractivity contribution >= 4 is 39.9 Å². The first-order valence-corrected chi connectivity index (χ1v) is 9.03. The number of fused-ring (bicyclic) bond motifs is 1. The van der Waals surface area contributed by atoms with Crippen LogP contribution in [-0.2, 0) is 4.79 Å². The zero-order valence-corrected chi connectivity index (χ0v) is 15.5. The lowest BCUT2D eigenvalue weighted by Gasteiger charge is -2.10. The Morgan fingerprint density at radius 2 is 1.92 bits per heavy atom. The molecule has 0 saturated carbocycles. The van der Waals surface area contributed by atoms with E-state index in [1.54, 1.807) is 12.3 Å². The summed E-state index contributed by atoms with van der Waals surface area (Å²) in [5.41, 5.74) is 5.02. The minimum atomic E-state index is -0.249. The standard InChI is InChI=1S/C20H17N3O2S/c1-12-9-15(11-18-19(24)22(3)20(25)26-18)13(2)23(12)16-6-7-17-14(10-16)5-4-8-21-17/h4-11H,1-3H3/b18-11+. The molecule has 1 saturated heterocycles. The number of nitrogens with zero attached hydrogens (tertiary/aromatic N) is 3. The van der Waals surface area contributed by atoms with Gasteiger partial charge in [0.05, 0.1) is 10.4 Å². The zero-order chi connectivity index (χ0) is 18.4. The second-order valence-corrected chi connectivity index (χ2v) is 7.28. The minimum Gasteiger partial charge on any atom is -0.318 e. The summed E-state index contributed by atoms with van der Waals surface area (Å²) in [6.45, 7) is 4.05. The first-order valence-electron chi connectivity index (χ1n) is 8.21. The van der Waals surface area contributed by atoms with Crippen molar-refractivity contribution in [1.82, 2.24) is 14.5 Å². The third-order valence-corrected chi connectivity index (χ3v) is 5.55. The molecule has 0 aliphatic carbocycles. The lowest BCUT2D eigenvalue weighted by atomic mass is 10.2.